The number of nitrogens with one attached hydrogen (secondary N) is 1. The van der Waals surface area contributed by atoms with Crippen LogP contribution in [0.15, 0.2) is 36.4 Å². The van der Waals surface area contributed by atoms with E-state index in [1.54, 1.807) is 0 Å². The van der Waals surface area contributed by atoms with Gasteiger partial charge in [0.05, 0.1) is 10.6 Å². The standard InChI is InChI=1S/C16H11Cl2F2NO3/c17-13-4-3-10(19)5-12(13)16(23)24-8-15(22)21-7-9-1-2-11(20)6-14(9)18/h1-6H,7-8H2,(H,21,22). The lowest BCUT2D eigenvalue weighted by Crippen LogP contribution is -2.28. The van der Waals surface area contributed by atoms with Gasteiger partial charge in [-0.25, -0.2) is 13.6 Å². The summed E-state index contributed by atoms with van der Waals surface area (Å²) in [5, 5.41) is 2.64. The van der Waals surface area contributed by atoms with Crippen LogP contribution in [-0.2, 0) is 16.1 Å². The van der Waals surface area contributed by atoms with Gasteiger partial charge in [0, 0.05) is 11.6 Å². The first-order valence-corrected chi connectivity index (χ1v) is 7.45. The molecule has 1 N–H and O–H groups in total. The van der Waals surface area contributed by atoms with E-state index in [2.05, 4.69) is 5.32 Å². The predicted molar refractivity (Wildman–Crippen MR) is 84.9 cm³/mol. The van der Waals surface area contributed by atoms with E-state index in [4.69, 9.17) is 27.9 Å². The molecule has 0 spiro atoms. The monoisotopic (exact) mass is 373 g/mol. The minimum absolute atomic E-state index is 0.0138. The molecule has 2 aromatic rings. The molecule has 0 fully saturated rings. The topological polar surface area (TPSA) is 55.4 Å². The van der Waals surface area contributed by atoms with Crippen LogP contribution in [0, 0.1) is 11.6 Å². The summed E-state index contributed by atoms with van der Waals surface area (Å²) in [5.74, 6) is -2.66. The number of rotatable bonds is 5. The van der Waals surface area contributed by atoms with Gasteiger partial charge in [0.15, 0.2) is 6.61 Å². The van der Waals surface area contributed by atoms with Crippen molar-refractivity contribution in [1.29, 1.82) is 0 Å². The second-order valence-electron chi connectivity index (χ2n) is 4.71. The molecular formula is C16H11Cl2F2NO3. The maximum Gasteiger partial charge on any atom is 0.340 e. The summed E-state index contributed by atoms with van der Waals surface area (Å²) in [6.45, 7) is -0.541. The number of amides is 1. The van der Waals surface area contributed by atoms with Gasteiger partial charge in [0.2, 0.25) is 0 Å². The molecule has 24 heavy (non-hydrogen) atoms. The summed E-state index contributed by atoms with van der Waals surface area (Å²) in [7, 11) is 0. The predicted octanol–water partition coefficient (Wildman–Crippen LogP) is 3.74. The second kappa shape index (κ2) is 8.08. The SMILES string of the molecule is O=C(COC(=O)c1cc(F)ccc1Cl)NCc1ccc(F)cc1Cl. The number of ether oxygens (including phenoxy) is 1. The van der Waals surface area contributed by atoms with E-state index in [0.717, 1.165) is 18.2 Å². The Morgan fingerprint density at radius 2 is 1.67 bits per heavy atom. The van der Waals surface area contributed by atoms with Crippen LogP contribution in [0.25, 0.3) is 0 Å². The molecule has 0 heterocycles. The molecule has 0 bridgehead atoms. The van der Waals surface area contributed by atoms with Gasteiger partial charge in [-0.3, -0.25) is 4.79 Å². The summed E-state index contributed by atoms with van der Waals surface area (Å²) in [6.07, 6.45) is 0. The number of carbonyl (C=O) groups is 2. The minimum Gasteiger partial charge on any atom is -0.452 e. The number of hydrogen-bond acceptors (Lipinski definition) is 3. The van der Waals surface area contributed by atoms with Gasteiger partial charge in [-0.1, -0.05) is 29.3 Å². The Kier molecular flexibility index (Phi) is 6.11. The number of esters is 1. The van der Waals surface area contributed by atoms with Crippen LogP contribution in [0.1, 0.15) is 15.9 Å². The largest absolute Gasteiger partial charge is 0.452 e. The number of halogens is 4. The maximum absolute atomic E-state index is 13.1. The van der Waals surface area contributed by atoms with E-state index in [-0.39, 0.29) is 22.2 Å². The molecule has 0 radical (unpaired) electrons. The van der Waals surface area contributed by atoms with E-state index >= 15 is 0 Å². The van der Waals surface area contributed by atoms with Crippen molar-refractivity contribution in [3.05, 3.63) is 69.2 Å². The molecule has 0 unspecified atom stereocenters. The van der Waals surface area contributed by atoms with Gasteiger partial charge in [0.1, 0.15) is 11.6 Å². The molecule has 4 nitrogen and oxygen atoms in total. The molecular weight excluding hydrogens is 363 g/mol. The molecule has 1 amide bonds. The van der Waals surface area contributed by atoms with E-state index < -0.39 is 30.1 Å². The number of benzene rings is 2. The van der Waals surface area contributed by atoms with Gasteiger partial charge < -0.3 is 10.1 Å². The van der Waals surface area contributed by atoms with E-state index in [0.29, 0.717) is 5.56 Å². The molecule has 0 aliphatic heterocycles. The van der Waals surface area contributed by atoms with Crippen LogP contribution in [0.2, 0.25) is 10.0 Å². The van der Waals surface area contributed by atoms with Gasteiger partial charge in [-0.05, 0) is 35.9 Å². The molecule has 8 heteroatoms. The first-order chi connectivity index (χ1) is 11.4. The molecule has 0 aliphatic carbocycles. The quantitative estimate of drug-likeness (QED) is 0.812. The van der Waals surface area contributed by atoms with Crippen LogP contribution in [0.3, 0.4) is 0 Å². The third kappa shape index (κ3) is 4.91. The Morgan fingerprint density at radius 1 is 1.00 bits per heavy atom. The average Bonchev–Trinajstić information content (AvgIpc) is 2.54. The third-order valence-electron chi connectivity index (χ3n) is 2.97. The zero-order chi connectivity index (χ0) is 17.7. The van der Waals surface area contributed by atoms with Crippen molar-refractivity contribution >= 4 is 35.1 Å². The molecule has 2 rings (SSSR count). The average molecular weight is 374 g/mol. The minimum atomic E-state index is -0.922. The Bertz CT molecular complexity index is 784. The maximum atomic E-state index is 13.1. The normalized spacial score (nSPS) is 10.3. The summed E-state index contributed by atoms with van der Waals surface area (Å²) >= 11 is 11.6. The zero-order valence-corrected chi connectivity index (χ0v) is 13.6. The smallest absolute Gasteiger partial charge is 0.340 e. The lowest BCUT2D eigenvalue weighted by Gasteiger charge is -2.08. The first-order valence-electron chi connectivity index (χ1n) is 6.69. The van der Waals surface area contributed by atoms with Crippen LogP contribution >= 0.6 is 23.2 Å². The molecule has 0 saturated carbocycles. The molecule has 0 aliphatic rings. The highest BCUT2D eigenvalue weighted by Gasteiger charge is 2.15. The summed E-state index contributed by atoms with van der Waals surface area (Å²) < 4.78 is 30.8. The van der Waals surface area contributed by atoms with Crippen LogP contribution in [0.5, 0.6) is 0 Å². The van der Waals surface area contributed by atoms with E-state index in [9.17, 15) is 18.4 Å². The molecule has 0 atom stereocenters. The van der Waals surface area contributed by atoms with Crippen molar-refractivity contribution in [3.63, 3.8) is 0 Å². The van der Waals surface area contributed by atoms with Crippen molar-refractivity contribution in [2.45, 2.75) is 6.54 Å². The summed E-state index contributed by atoms with van der Waals surface area (Å²) in [4.78, 5) is 23.4. The lowest BCUT2D eigenvalue weighted by atomic mass is 10.2. The highest BCUT2D eigenvalue weighted by molar-refractivity contribution is 6.33. The molecule has 0 aromatic heterocycles. The van der Waals surface area contributed by atoms with Crippen LogP contribution < -0.4 is 5.32 Å². The van der Waals surface area contributed by atoms with Crippen LogP contribution in [0.4, 0.5) is 8.78 Å². The highest BCUT2D eigenvalue weighted by Crippen LogP contribution is 2.18. The van der Waals surface area contributed by atoms with Gasteiger partial charge >= 0.3 is 5.97 Å². The Labute approximate surface area is 146 Å². The fourth-order valence-corrected chi connectivity index (χ4v) is 2.20. The molecule has 2 aromatic carbocycles. The third-order valence-corrected chi connectivity index (χ3v) is 3.66. The van der Waals surface area contributed by atoms with Crippen LogP contribution in [-0.4, -0.2) is 18.5 Å². The molecule has 126 valence electrons. The highest BCUT2D eigenvalue weighted by atomic mass is 35.5. The van der Waals surface area contributed by atoms with Gasteiger partial charge in [-0.15, -0.1) is 0 Å². The van der Waals surface area contributed by atoms with Gasteiger partial charge in [0.25, 0.3) is 5.91 Å². The summed E-state index contributed by atoms with van der Waals surface area (Å²) in [6, 6.07) is 6.98. The number of hydrogen-bond donors (Lipinski definition) is 1. The Hall–Kier alpha value is -2.18. The first kappa shape index (κ1) is 18.2. The van der Waals surface area contributed by atoms with E-state index in [1.165, 1.54) is 18.2 Å². The Morgan fingerprint density at radius 3 is 2.38 bits per heavy atom. The molecule has 0 saturated heterocycles. The lowest BCUT2D eigenvalue weighted by molar-refractivity contribution is -0.124. The fourth-order valence-electron chi connectivity index (χ4n) is 1.77. The zero-order valence-electron chi connectivity index (χ0n) is 12.1. The van der Waals surface area contributed by atoms with Crippen molar-refractivity contribution in [1.82, 2.24) is 5.32 Å². The fraction of sp³-hybridized carbons (Fsp3) is 0.125. The van der Waals surface area contributed by atoms with E-state index in [1.807, 2.05) is 0 Å². The second-order valence-corrected chi connectivity index (χ2v) is 5.53. The van der Waals surface area contributed by atoms with Crippen molar-refractivity contribution in [2.75, 3.05) is 6.61 Å². The van der Waals surface area contributed by atoms with Crippen molar-refractivity contribution in [3.8, 4) is 0 Å². The summed E-state index contributed by atoms with van der Waals surface area (Å²) in [5.41, 5.74) is 0.331. The Balaban J connectivity index is 1.86. The number of carbonyl (C=O) groups excluding carboxylic acids is 2. The van der Waals surface area contributed by atoms with Crippen molar-refractivity contribution < 1.29 is 23.1 Å². The van der Waals surface area contributed by atoms with Gasteiger partial charge in [-0.2, -0.15) is 0 Å². The van der Waals surface area contributed by atoms with Crippen molar-refractivity contribution in [2.24, 2.45) is 0 Å².